The highest BCUT2D eigenvalue weighted by atomic mass is 16.5. The predicted molar refractivity (Wildman–Crippen MR) is 172 cm³/mol. The maximum absolute atomic E-state index is 12.3. The summed E-state index contributed by atoms with van der Waals surface area (Å²) in [6.45, 7) is 17.6. The SMILES string of the molecule is CC1=NCCO1.CCCC(=O)O.CCCCN(CCC)C(=O)c1ccc(C)cc1.Cc1ccc2cc(C)ccc2c1. The van der Waals surface area contributed by atoms with E-state index in [2.05, 4.69) is 69.1 Å². The molecule has 224 valence electrons. The number of ether oxygens (including phenoxy) is 1. The molecule has 6 nitrogen and oxygen atoms in total. The lowest BCUT2D eigenvalue weighted by molar-refractivity contribution is -0.137. The highest BCUT2D eigenvalue weighted by molar-refractivity contribution is 5.94. The van der Waals surface area contributed by atoms with Gasteiger partial charge in [-0.3, -0.25) is 14.6 Å². The summed E-state index contributed by atoms with van der Waals surface area (Å²) in [5.74, 6) is 0.285. The Morgan fingerprint density at radius 2 is 1.34 bits per heavy atom. The third-order valence-electron chi connectivity index (χ3n) is 6.21. The van der Waals surface area contributed by atoms with Crippen LogP contribution in [0.1, 0.15) is 86.8 Å². The molecule has 0 fully saturated rings. The number of hydrogen-bond donors (Lipinski definition) is 1. The lowest BCUT2D eigenvalue weighted by atomic mass is 10.1. The second-order valence-electron chi connectivity index (χ2n) is 10.3. The van der Waals surface area contributed by atoms with Gasteiger partial charge < -0.3 is 14.7 Å². The van der Waals surface area contributed by atoms with E-state index in [4.69, 9.17) is 9.84 Å². The number of carbonyl (C=O) groups excluding carboxylic acids is 1. The summed E-state index contributed by atoms with van der Waals surface area (Å²) in [5, 5.41) is 10.6. The third kappa shape index (κ3) is 15.1. The van der Waals surface area contributed by atoms with Crippen molar-refractivity contribution in [3.63, 3.8) is 0 Å². The molecule has 1 aliphatic rings. The van der Waals surface area contributed by atoms with Crippen LogP contribution in [0.25, 0.3) is 10.8 Å². The first-order chi connectivity index (χ1) is 19.6. The number of nitrogens with zero attached hydrogens (tertiary/aromatic N) is 2. The van der Waals surface area contributed by atoms with Crippen molar-refractivity contribution in [1.29, 1.82) is 0 Å². The first kappa shape index (κ1) is 35.4. The minimum Gasteiger partial charge on any atom is -0.481 e. The fourth-order valence-electron chi connectivity index (χ4n) is 3.95. The summed E-state index contributed by atoms with van der Waals surface area (Å²) in [6.07, 6.45) is 4.25. The van der Waals surface area contributed by atoms with Crippen LogP contribution in [-0.4, -0.2) is 54.0 Å². The number of hydrogen-bond acceptors (Lipinski definition) is 4. The fourth-order valence-corrected chi connectivity index (χ4v) is 3.95. The maximum atomic E-state index is 12.3. The van der Waals surface area contributed by atoms with E-state index in [1.165, 1.54) is 27.5 Å². The molecule has 0 aliphatic carbocycles. The Kier molecular flexibility index (Phi) is 17.5. The molecule has 1 aliphatic heterocycles. The number of carbonyl (C=O) groups is 2. The van der Waals surface area contributed by atoms with E-state index in [0.717, 1.165) is 63.4 Å². The average molecular weight is 563 g/mol. The Morgan fingerprint density at radius 3 is 1.71 bits per heavy atom. The normalized spacial score (nSPS) is 11.4. The number of carboxylic acids is 1. The maximum Gasteiger partial charge on any atom is 0.303 e. The lowest BCUT2D eigenvalue weighted by Gasteiger charge is -2.22. The van der Waals surface area contributed by atoms with Gasteiger partial charge in [0.25, 0.3) is 5.91 Å². The largest absolute Gasteiger partial charge is 0.481 e. The summed E-state index contributed by atoms with van der Waals surface area (Å²) in [7, 11) is 0. The topological polar surface area (TPSA) is 79.2 Å². The number of aliphatic imine (C=N–C) groups is 1. The van der Waals surface area contributed by atoms with Gasteiger partial charge in [-0.1, -0.05) is 92.4 Å². The highest BCUT2D eigenvalue weighted by Gasteiger charge is 2.13. The summed E-state index contributed by atoms with van der Waals surface area (Å²) in [5.41, 5.74) is 4.65. The molecule has 6 heteroatoms. The molecule has 3 aromatic rings. The van der Waals surface area contributed by atoms with Crippen molar-refractivity contribution in [3.05, 3.63) is 82.9 Å². The second kappa shape index (κ2) is 20.2. The van der Waals surface area contributed by atoms with Crippen LogP contribution >= 0.6 is 0 Å². The van der Waals surface area contributed by atoms with Gasteiger partial charge in [0.15, 0.2) is 5.90 Å². The Hall–Kier alpha value is -3.67. The molecule has 4 rings (SSSR count). The molecule has 1 N–H and O–H groups in total. The number of unbranched alkanes of at least 4 members (excludes halogenated alkanes) is 1. The molecule has 1 heterocycles. The zero-order chi connectivity index (χ0) is 30.6. The van der Waals surface area contributed by atoms with Gasteiger partial charge >= 0.3 is 5.97 Å². The standard InChI is InChI=1S/C15H23NO.C12H12.C4H7NO.C4H8O2/c1-4-6-12-16(11-5-2)15(17)14-9-7-13(3)8-10-14;1-9-3-5-12-8-10(2)4-6-11(12)7-9;1-4-5-2-3-6-4;1-2-3-4(5)6/h7-10H,4-6,11-12H2,1-3H3;3-8H,1-2H3;2-3H2,1H3;2-3H2,1H3,(H,5,6). The second-order valence-corrected chi connectivity index (χ2v) is 10.3. The number of aryl methyl sites for hydroxylation is 3. The molecular formula is C35H50N2O4. The van der Waals surface area contributed by atoms with Gasteiger partial charge in [0.05, 0.1) is 6.54 Å². The summed E-state index contributed by atoms with van der Waals surface area (Å²) < 4.78 is 4.90. The van der Waals surface area contributed by atoms with Gasteiger partial charge in [-0.25, -0.2) is 0 Å². The first-order valence-corrected chi connectivity index (χ1v) is 14.8. The van der Waals surface area contributed by atoms with E-state index in [1.807, 2.05) is 49.9 Å². The van der Waals surface area contributed by atoms with E-state index in [9.17, 15) is 9.59 Å². The van der Waals surface area contributed by atoms with Crippen LogP contribution in [0.3, 0.4) is 0 Å². The molecule has 0 aromatic heterocycles. The Morgan fingerprint density at radius 1 is 0.780 bits per heavy atom. The zero-order valence-electron chi connectivity index (χ0n) is 26.2. The van der Waals surface area contributed by atoms with E-state index in [1.54, 1.807) is 0 Å². The van der Waals surface area contributed by atoms with Crippen molar-refractivity contribution in [2.45, 2.75) is 80.6 Å². The highest BCUT2D eigenvalue weighted by Crippen LogP contribution is 2.17. The monoisotopic (exact) mass is 562 g/mol. The zero-order valence-corrected chi connectivity index (χ0v) is 26.2. The number of amides is 1. The van der Waals surface area contributed by atoms with Gasteiger partial charge in [-0.05, 0) is 62.9 Å². The molecule has 0 saturated heterocycles. The van der Waals surface area contributed by atoms with Gasteiger partial charge in [-0.15, -0.1) is 0 Å². The minimum atomic E-state index is -0.711. The van der Waals surface area contributed by atoms with Gasteiger partial charge in [0.2, 0.25) is 0 Å². The number of benzene rings is 3. The average Bonchev–Trinajstić information content (AvgIpc) is 3.43. The summed E-state index contributed by atoms with van der Waals surface area (Å²) in [4.78, 5) is 27.8. The Bertz CT molecular complexity index is 1180. The molecule has 0 spiro atoms. The van der Waals surface area contributed by atoms with Crippen molar-refractivity contribution in [2.75, 3.05) is 26.2 Å². The van der Waals surface area contributed by atoms with Gasteiger partial charge in [0.1, 0.15) is 6.61 Å². The van der Waals surface area contributed by atoms with Gasteiger partial charge in [-0.2, -0.15) is 0 Å². The molecule has 3 aromatic carbocycles. The molecule has 0 radical (unpaired) electrons. The van der Waals surface area contributed by atoms with Crippen LogP contribution in [0.2, 0.25) is 0 Å². The van der Waals surface area contributed by atoms with Crippen LogP contribution in [-0.2, 0) is 9.53 Å². The number of rotatable bonds is 8. The molecule has 41 heavy (non-hydrogen) atoms. The van der Waals surface area contributed by atoms with Crippen LogP contribution < -0.4 is 0 Å². The smallest absolute Gasteiger partial charge is 0.303 e. The summed E-state index contributed by atoms with van der Waals surface area (Å²) in [6, 6.07) is 20.9. The summed E-state index contributed by atoms with van der Waals surface area (Å²) >= 11 is 0. The quantitative estimate of drug-likeness (QED) is 0.299. The first-order valence-electron chi connectivity index (χ1n) is 14.8. The van der Waals surface area contributed by atoms with Crippen molar-refractivity contribution in [1.82, 2.24) is 4.90 Å². The molecule has 0 atom stereocenters. The van der Waals surface area contributed by atoms with E-state index in [-0.39, 0.29) is 5.91 Å². The van der Waals surface area contributed by atoms with Crippen molar-refractivity contribution in [2.24, 2.45) is 4.99 Å². The van der Waals surface area contributed by atoms with Crippen molar-refractivity contribution in [3.8, 4) is 0 Å². The molecule has 0 unspecified atom stereocenters. The van der Waals surface area contributed by atoms with Crippen LogP contribution in [0.15, 0.2) is 65.7 Å². The van der Waals surface area contributed by atoms with E-state index >= 15 is 0 Å². The molecule has 1 amide bonds. The Labute approximate surface area is 247 Å². The Balaban J connectivity index is 0.000000302. The van der Waals surface area contributed by atoms with Crippen LogP contribution in [0.4, 0.5) is 0 Å². The lowest BCUT2D eigenvalue weighted by Crippen LogP contribution is -2.32. The van der Waals surface area contributed by atoms with Crippen molar-refractivity contribution >= 4 is 28.5 Å². The molecule has 0 saturated carbocycles. The predicted octanol–water partition coefficient (Wildman–Crippen LogP) is 8.41. The van der Waals surface area contributed by atoms with Crippen molar-refractivity contribution < 1.29 is 19.4 Å². The van der Waals surface area contributed by atoms with Gasteiger partial charge in [0, 0.05) is 32.0 Å². The molecular weight excluding hydrogens is 512 g/mol. The fraction of sp³-hybridized carbons (Fsp3) is 0.457. The molecule has 0 bridgehead atoms. The van der Waals surface area contributed by atoms with Crippen LogP contribution in [0, 0.1) is 20.8 Å². The number of aliphatic carboxylic acids is 1. The number of carboxylic acid groups (broad SMARTS) is 1. The van der Waals surface area contributed by atoms with E-state index in [0.29, 0.717) is 6.42 Å². The minimum absolute atomic E-state index is 0.167. The third-order valence-corrected chi connectivity index (χ3v) is 6.21. The number of fused-ring (bicyclic) bond motifs is 1. The van der Waals surface area contributed by atoms with Crippen LogP contribution in [0.5, 0.6) is 0 Å². The van der Waals surface area contributed by atoms with E-state index < -0.39 is 5.97 Å².